The van der Waals surface area contributed by atoms with Gasteiger partial charge < -0.3 is 23.7 Å². The second-order valence-corrected chi connectivity index (χ2v) is 8.10. The summed E-state index contributed by atoms with van der Waals surface area (Å²) in [7, 11) is 1.27. The number of halogens is 1. The summed E-state index contributed by atoms with van der Waals surface area (Å²) in [4.78, 5) is 26.9. The van der Waals surface area contributed by atoms with Crippen molar-refractivity contribution < 1.29 is 28.5 Å². The average Bonchev–Trinajstić information content (AvgIpc) is 3.24. The van der Waals surface area contributed by atoms with Gasteiger partial charge in [0.25, 0.3) is 0 Å². The summed E-state index contributed by atoms with van der Waals surface area (Å²) in [5, 5.41) is 10.8. The first-order valence-electron chi connectivity index (χ1n) is 10.2. The fourth-order valence-electron chi connectivity index (χ4n) is 4.01. The van der Waals surface area contributed by atoms with E-state index in [1.54, 1.807) is 12.1 Å². The van der Waals surface area contributed by atoms with Crippen molar-refractivity contribution in [3.8, 4) is 17.2 Å². The van der Waals surface area contributed by atoms with Crippen LogP contribution < -0.4 is 14.9 Å². The molecule has 1 aromatic heterocycles. The van der Waals surface area contributed by atoms with Crippen LogP contribution in [0.1, 0.15) is 48.7 Å². The topological polar surface area (TPSA) is 98.4 Å². The largest absolute Gasteiger partial charge is 0.502 e. The molecule has 0 unspecified atom stereocenters. The minimum absolute atomic E-state index is 0.000147. The molecule has 4 rings (SSSR count). The third kappa shape index (κ3) is 4.65. The summed E-state index contributed by atoms with van der Waals surface area (Å²) >= 11 is 6.33. The van der Waals surface area contributed by atoms with Crippen LogP contribution in [-0.2, 0) is 16.1 Å². The molecule has 9 heteroatoms. The summed E-state index contributed by atoms with van der Waals surface area (Å²) in [6.45, 7) is 2.33. The molecule has 1 atom stereocenters. The molecule has 0 radical (unpaired) electrons. The van der Waals surface area contributed by atoms with Crippen LogP contribution in [0.15, 0.2) is 27.4 Å². The van der Waals surface area contributed by atoms with Gasteiger partial charge in [-0.15, -0.1) is 0 Å². The number of aromatic hydroxyl groups is 1. The maximum atomic E-state index is 12.5. The second kappa shape index (κ2) is 9.20. The van der Waals surface area contributed by atoms with Gasteiger partial charge in [-0.1, -0.05) is 18.0 Å². The molecule has 3 heterocycles. The summed E-state index contributed by atoms with van der Waals surface area (Å²) in [5.41, 5.74) is -0.0248. The van der Waals surface area contributed by atoms with E-state index in [4.69, 9.17) is 30.2 Å². The van der Waals surface area contributed by atoms with Crippen molar-refractivity contribution in [2.24, 2.45) is 0 Å². The Balaban J connectivity index is 1.75. The van der Waals surface area contributed by atoms with E-state index in [-0.39, 0.29) is 19.0 Å². The van der Waals surface area contributed by atoms with Crippen molar-refractivity contribution in [1.29, 1.82) is 0 Å². The predicted octanol–water partition coefficient (Wildman–Crippen LogP) is 3.41. The van der Waals surface area contributed by atoms with E-state index in [1.165, 1.54) is 19.6 Å². The van der Waals surface area contributed by atoms with Crippen molar-refractivity contribution >= 4 is 17.6 Å². The number of carbonyl (C=O) groups excluding carboxylic acids is 1. The fourth-order valence-corrected chi connectivity index (χ4v) is 4.28. The fraction of sp³-hybridized carbons (Fsp3) is 0.455. The van der Waals surface area contributed by atoms with Gasteiger partial charge in [0.05, 0.1) is 31.0 Å². The van der Waals surface area contributed by atoms with E-state index in [9.17, 15) is 14.7 Å². The first-order chi connectivity index (χ1) is 15.0. The lowest BCUT2D eigenvalue weighted by atomic mass is 9.91. The Kier molecular flexibility index (Phi) is 6.38. The lowest BCUT2D eigenvalue weighted by Crippen LogP contribution is -2.29. The van der Waals surface area contributed by atoms with Gasteiger partial charge in [-0.3, -0.25) is 14.5 Å². The molecule has 2 aliphatic rings. The Labute approximate surface area is 184 Å². The number of carbonyl (C=O) groups is 1. The number of fused-ring (bicyclic) bond motifs is 1. The molecular weight excluding hydrogens is 426 g/mol. The molecule has 1 saturated heterocycles. The highest BCUT2D eigenvalue weighted by atomic mass is 35.5. The number of esters is 1. The standard InChI is InChI=1S/C22H24ClNO7/c1-28-19(26)10-15(13-7-16(23)22-18(8-13)29-12-30-22)21-20(27)17(25)9-14(31-21)11-24-5-3-2-4-6-24/h7-9,15,27H,2-6,10-12H2,1H3/t15-/m0/s1. The summed E-state index contributed by atoms with van der Waals surface area (Å²) in [5.74, 6) is -0.600. The van der Waals surface area contributed by atoms with Gasteiger partial charge in [0.2, 0.25) is 18.0 Å². The molecule has 2 aromatic rings. The van der Waals surface area contributed by atoms with Gasteiger partial charge >= 0.3 is 5.97 Å². The second-order valence-electron chi connectivity index (χ2n) is 7.70. The maximum absolute atomic E-state index is 12.5. The van der Waals surface area contributed by atoms with Crippen LogP contribution in [0.25, 0.3) is 0 Å². The van der Waals surface area contributed by atoms with E-state index < -0.39 is 23.1 Å². The molecule has 2 aliphatic heterocycles. The zero-order valence-electron chi connectivity index (χ0n) is 17.2. The minimum Gasteiger partial charge on any atom is -0.502 e. The zero-order chi connectivity index (χ0) is 22.0. The lowest BCUT2D eigenvalue weighted by Gasteiger charge is -2.26. The number of likely N-dealkylation sites (tertiary alicyclic amines) is 1. The molecule has 0 saturated carbocycles. The van der Waals surface area contributed by atoms with Crippen LogP contribution in [0, 0.1) is 0 Å². The number of ether oxygens (including phenoxy) is 3. The Bertz CT molecular complexity index is 1030. The number of nitrogens with zero attached hydrogens (tertiary/aromatic N) is 1. The highest BCUT2D eigenvalue weighted by Gasteiger charge is 2.30. The first-order valence-corrected chi connectivity index (χ1v) is 10.6. The molecular formula is C22H24ClNO7. The Morgan fingerprint density at radius 2 is 2.00 bits per heavy atom. The number of methoxy groups -OCH3 is 1. The molecule has 1 N–H and O–H groups in total. The van der Waals surface area contributed by atoms with E-state index in [1.807, 2.05) is 0 Å². The van der Waals surface area contributed by atoms with Crippen molar-refractivity contribution in [2.45, 2.75) is 38.1 Å². The smallest absolute Gasteiger partial charge is 0.306 e. The molecule has 1 aromatic carbocycles. The summed E-state index contributed by atoms with van der Waals surface area (Å²) in [6, 6.07) is 4.58. The lowest BCUT2D eigenvalue weighted by molar-refractivity contribution is -0.140. The van der Waals surface area contributed by atoms with E-state index >= 15 is 0 Å². The third-order valence-electron chi connectivity index (χ3n) is 5.59. The molecule has 31 heavy (non-hydrogen) atoms. The van der Waals surface area contributed by atoms with Crippen LogP contribution in [0.3, 0.4) is 0 Å². The molecule has 0 bridgehead atoms. The summed E-state index contributed by atoms with van der Waals surface area (Å²) < 4.78 is 21.6. The Hall–Kier alpha value is -2.71. The minimum atomic E-state index is -0.798. The highest BCUT2D eigenvalue weighted by molar-refractivity contribution is 6.32. The predicted molar refractivity (Wildman–Crippen MR) is 112 cm³/mol. The number of rotatable bonds is 6. The van der Waals surface area contributed by atoms with Crippen molar-refractivity contribution in [2.75, 3.05) is 27.0 Å². The zero-order valence-corrected chi connectivity index (χ0v) is 17.9. The van der Waals surface area contributed by atoms with E-state index in [0.717, 1.165) is 25.9 Å². The van der Waals surface area contributed by atoms with Crippen LogP contribution in [-0.4, -0.2) is 43.0 Å². The summed E-state index contributed by atoms with van der Waals surface area (Å²) in [6.07, 6.45) is 3.22. The number of hydrogen-bond donors (Lipinski definition) is 1. The highest BCUT2D eigenvalue weighted by Crippen LogP contribution is 2.44. The van der Waals surface area contributed by atoms with Crippen molar-refractivity contribution in [3.05, 3.63) is 50.5 Å². The van der Waals surface area contributed by atoms with Crippen LogP contribution in [0.2, 0.25) is 5.02 Å². The van der Waals surface area contributed by atoms with Gasteiger partial charge in [-0.25, -0.2) is 0 Å². The average molecular weight is 450 g/mol. The normalized spacial score (nSPS) is 16.8. The molecule has 8 nitrogen and oxygen atoms in total. The Morgan fingerprint density at radius 3 is 2.74 bits per heavy atom. The van der Waals surface area contributed by atoms with Crippen LogP contribution >= 0.6 is 11.6 Å². The van der Waals surface area contributed by atoms with Gasteiger partial charge in [0.1, 0.15) is 5.76 Å². The Morgan fingerprint density at radius 1 is 1.23 bits per heavy atom. The molecule has 1 fully saturated rings. The van der Waals surface area contributed by atoms with Crippen molar-refractivity contribution in [3.63, 3.8) is 0 Å². The third-order valence-corrected chi connectivity index (χ3v) is 5.88. The SMILES string of the molecule is COC(=O)C[C@@H](c1cc(Cl)c2c(c1)OCO2)c1oc(CN2CCCCC2)cc(=O)c1O. The molecule has 0 spiro atoms. The number of hydrogen-bond acceptors (Lipinski definition) is 8. The number of benzene rings is 1. The van der Waals surface area contributed by atoms with Gasteiger partial charge in [0, 0.05) is 6.07 Å². The van der Waals surface area contributed by atoms with E-state index in [0.29, 0.717) is 34.4 Å². The number of piperidine rings is 1. The molecule has 0 amide bonds. The van der Waals surface area contributed by atoms with Gasteiger partial charge in [0.15, 0.2) is 17.3 Å². The van der Waals surface area contributed by atoms with Gasteiger partial charge in [-0.05, 0) is 43.6 Å². The van der Waals surface area contributed by atoms with Gasteiger partial charge in [-0.2, -0.15) is 0 Å². The van der Waals surface area contributed by atoms with Crippen molar-refractivity contribution in [1.82, 2.24) is 4.90 Å². The van der Waals surface area contributed by atoms with E-state index in [2.05, 4.69) is 4.90 Å². The molecule has 166 valence electrons. The first kappa shape index (κ1) is 21.5. The quantitative estimate of drug-likeness (QED) is 0.670. The maximum Gasteiger partial charge on any atom is 0.306 e. The molecule has 0 aliphatic carbocycles. The van der Waals surface area contributed by atoms with Crippen LogP contribution in [0.4, 0.5) is 0 Å². The monoisotopic (exact) mass is 449 g/mol. The van der Waals surface area contributed by atoms with Crippen LogP contribution in [0.5, 0.6) is 17.2 Å².